The monoisotopic (exact) mass is 320 g/mol. The molecule has 0 bridgehead atoms. The van der Waals surface area contributed by atoms with Crippen molar-refractivity contribution in [3.05, 3.63) is 72.2 Å². The van der Waals surface area contributed by atoms with Crippen LogP contribution >= 0.6 is 0 Å². The van der Waals surface area contributed by atoms with E-state index in [1.54, 1.807) is 12.1 Å². The fraction of sp³-hybridized carbons (Fsp3) is 0.286. The Bertz CT molecular complexity index is 824. The average molecular weight is 320 g/mol. The molecule has 1 aliphatic rings. The Labute approximate surface area is 141 Å². The van der Waals surface area contributed by atoms with Crippen LogP contribution < -0.4 is 4.90 Å². The molecule has 1 aliphatic heterocycles. The predicted octanol–water partition coefficient (Wildman–Crippen LogP) is 4.83. The van der Waals surface area contributed by atoms with Crippen LogP contribution in [0.5, 0.6) is 0 Å². The molecule has 2 heterocycles. The van der Waals surface area contributed by atoms with Gasteiger partial charge in [0.15, 0.2) is 0 Å². The fourth-order valence-electron chi connectivity index (χ4n) is 3.71. The fourth-order valence-corrected chi connectivity index (χ4v) is 3.71. The number of anilines is 1. The molecule has 1 fully saturated rings. The molecule has 0 amide bonds. The SMILES string of the molecule is Fc1ccc2nccc(N3CCC(Cc4ccccc4)CC3)c2c1. The van der Waals surface area contributed by atoms with Gasteiger partial charge in [-0.2, -0.15) is 0 Å². The van der Waals surface area contributed by atoms with Crippen LogP contribution in [0.2, 0.25) is 0 Å². The number of halogens is 1. The Balaban J connectivity index is 1.49. The summed E-state index contributed by atoms with van der Waals surface area (Å²) in [6.07, 6.45) is 5.33. The summed E-state index contributed by atoms with van der Waals surface area (Å²) in [7, 11) is 0. The van der Waals surface area contributed by atoms with E-state index in [-0.39, 0.29) is 5.82 Å². The number of benzene rings is 2. The van der Waals surface area contributed by atoms with Crippen molar-refractivity contribution >= 4 is 16.6 Å². The zero-order valence-electron chi connectivity index (χ0n) is 13.7. The van der Waals surface area contributed by atoms with E-state index >= 15 is 0 Å². The van der Waals surface area contributed by atoms with E-state index in [0.29, 0.717) is 0 Å². The first-order valence-electron chi connectivity index (χ1n) is 8.63. The lowest BCUT2D eigenvalue weighted by atomic mass is 9.90. The molecule has 0 unspecified atom stereocenters. The highest BCUT2D eigenvalue weighted by Crippen LogP contribution is 2.30. The third-order valence-electron chi connectivity index (χ3n) is 5.00. The van der Waals surface area contributed by atoms with Gasteiger partial charge in [0.25, 0.3) is 0 Å². The summed E-state index contributed by atoms with van der Waals surface area (Å²) in [6.45, 7) is 2.04. The number of fused-ring (bicyclic) bond motifs is 1. The second-order valence-corrected chi connectivity index (χ2v) is 6.61. The summed E-state index contributed by atoms with van der Waals surface area (Å²) in [6, 6.07) is 17.6. The lowest BCUT2D eigenvalue weighted by Crippen LogP contribution is -2.34. The van der Waals surface area contributed by atoms with E-state index in [4.69, 9.17) is 0 Å². The molecule has 0 spiro atoms. The van der Waals surface area contributed by atoms with Crippen LogP contribution in [0.4, 0.5) is 10.1 Å². The molecule has 2 aromatic carbocycles. The van der Waals surface area contributed by atoms with Crippen LogP contribution in [0.15, 0.2) is 60.8 Å². The van der Waals surface area contributed by atoms with Crippen molar-refractivity contribution < 1.29 is 4.39 Å². The molecule has 0 atom stereocenters. The van der Waals surface area contributed by atoms with Gasteiger partial charge in [0.2, 0.25) is 0 Å². The van der Waals surface area contributed by atoms with Crippen molar-refractivity contribution in [2.24, 2.45) is 5.92 Å². The van der Waals surface area contributed by atoms with Crippen LogP contribution in [0.25, 0.3) is 10.9 Å². The molecule has 4 rings (SSSR count). The molecule has 3 heteroatoms. The van der Waals surface area contributed by atoms with Crippen molar-refractivity contribution in [3.8, 4) is 0 Å². The van der Waals surface area contributed by atoms with Crippen molar-refractivity contribution in [3.63, 3.8) is 0 Å². The van der Waals surface area contributed by atoms with E-state index in [9.17, 15) is 4.39 Å². The molecule has 1 saturated heterocycles. The minimum atomic E-state index is -0.198. The molecule has 0 aliphatic carbocycles. The Hall–Kier alpha value is -2.42. The first-order valence-corrected chi connectivity index (χ1v) is 8.63. The number of nitrogens with zero attached hydrogens (tertiary/aromatic N) is 2. The van der Waals surface area contributed by atoms with Gasteiger partial charge in [0, 0.05) is 30.4 Å². The Kier molecular flexibility index (Phi) is 4.16. The van der Waals surface area contributed by atoms with Crippen molar-refractivity contribution in [1.82, 2.24) is 4.98 Å². The van der Waals surface area contributed by atoms with E-state index in [2.05, 4.69) is 40.2 Å². The van der Waals surface area contributed by atoms with E-state index in [1.165, 1.54) is 24.5 Å². The standard InChI is InChI=1S/C21H21FN2/c22-18-6-7-20-19(15-18)21(8-11-23-20)24-12-9-17(10-13-24)14-16-4-2-1-3-5-16/h1-8,11,15,17H,9-10,12-14H2. The number of pyridine rings is 1. The zero-order valence-corrected chi connectivity index (χ0v) is 13.7. The largest absolute Gasteiger partial charge is 0.371 e. The van der Waals surface area contributed by atoms with Gasteiger partial charge in [-0.15, -0.1) is 0 Å². The molecule has 0 radical (unpaired) electrons. The van der Waals surface area contributed by atoms with E-state index < -0.39 is 0 Å². The number of hydrogen-bond acceptors (Lipinski definition) is 2. The lowest BCUT2D eigenvalue weighted by Gasteiger charge is -2.34. The normalized spacial score (nSPS) is 15.8. The first kappa shape index (κ1) is 15.1. The van der Waals surface area contributed by atoms with Crippen molar-refractivity contribution in [2.45, 2.75) is 19.3 Å². The number of aromatic nitrogens is 1. The predicted molar refractivity (Wildman–Crippen MR) is 96.8 cm³/mol. The van der Waals surface area contributed by atoms with Gasteiger partial charge in [0.05, 0.1) is 5.52 Å². The van der Waals surface area contributed by atoms with Gasteiger partial charge in [-0.25, -0.2) is 4.39 Å². The highest BCUT2D eigenvalue weighted by molar-refractivity contribution is 5.91. The first-order chi connectivity index (χ1) is 11.8. The number of hydrogen-bond donors (Lipinski definition) is 0. The summed E-state index contributed by atoms with van der Waals surface area (Å²) in [5, 5.41) is 0.916. The summed E-state index contributed by atoms with van der Waals surface area (Å²) in [4.78, 5) is 6.74. The maximum atomic E-state index is 13.6. The molecule has 24 heavy (non-hydrogen) atoms. The Morgan fingerprint density at radius 2 is 1.79 bits per heavy atom. The van der Waals surface area contributed by atoms with Gasteiger partial charge < -0.3 is 4.90 Å². The Morgan fingerprint density at radius 1 is 1.00 bits per heavy atom. The van der Waals surface area contributed by atoms with Gasteiger partial charge >= 0.3 is 0 Å². The minimum absolute atomic E-state index is 0.198. The third-order valence-corrected chi connectivity index (χ3v) is 5.00. The quantitative estimate of drug-likeness (QED) is 0.687. The smallest absolute Gasteiger partial charge is 0.124 e. The van der Waals surface area contributed by atoms with Crippen LogP contribution in [0.3, 0.4) is 0 Å². The number of rotatable bonds is 3. The zero-order chi connectivity index (χ0) is 16.4. The summed E-state index contributed by atoms with van der Waals surface area (Å²) in [5.41, 5.74) is 3.39. The van der Waals surface area contributed by atoms with E-state index in [1.807, 2.05) is 12.3 Å². The van der Waals surface area contributed by atoms with Crippen molar-refractivity contribution in [2.75, 3.05) is 18.0 Å². The van der Waals surface area contributed by atoms with Crippen LogP contribution in [0, 0.1) is 11.7 Å². The van der Waals surface area contributed by atoms with Crippen LogP contribution in [-0.2, 0) is 6.42 Å². The van der Waals surface area contributed by atoms with Crippen LogP contribution in [0.1, 0.15) is 18.4 Å². The van der Waals surface area contributed by atoms with Gasteiger partial charge in [-0.3, -0.25) is 4.98 Å². The molecule has 0 N–H and O–H groups in total. The topological polar surface area (TPSA) is 16.1 Å². The molecular formula is C21H21FN2. The summed E-state index contributed by atoms with van der Waals surface area (Å²) < 4.78 is 13.6. The minimum Gasteiger partial charge on any atom is -0.371 e. The van der Waals surface area contributed by atoms with Crippen LogP contribution in [-0.4, -0.2) is 18.1 Å². The summed E-state index contributed by atoms with van der Waals surface area (Å²) >= 11 is 0. The average Bonchev–Trinajstić information content (AvgIpc) is 2.63. The molecular weight excluding hydrogens is 299 g/mol. The highest BCUT2D eigenvalue weighted by atomic mass is 19.1. The second-order valence-electron chi connectivity index (χ2n) is 6.61. The third kappa shape index (κ3) is 3.12. The second kappa shape index (κ2) is 6.60. The molecule has 3 aromatic rings. The maximum Gasteiger partial charge on any atom is 0.124 e. The molecule has 122 valence electrons. The molecule has 2 nitrogen and oxygen atoms in total. The molecule has 0 saturated carbocycles. The highest BCUT2D eigenvalue weighted by Gasteiger charge is 2.21. The number of piperidine rings is 1. The lowest BCUT2D eigenvalue weighted by molar-refractivity contribution is 0.404. The van der Waals surface area contributed by atoms with Crippen molar-refractivity contribution in [1.29, 1.82) is 0 Å². The van der Waals surface area contributed by atoms with E-state index in [0.717, 1.165) is 42.0 Å². The van der Waals surface area contributed by atoms with Gasteiger partial charge in [-0.1, -0.05) is 30.3 Å². The van der Waals surface area contributed by atoms with Gasteiger partial charge in [0.1, 0.15) is 5.82 Å². The van der Waals surface area contributed by atoms with Gasteiger partial charge in [-0.05, 0) is 55.0 Å². The maximum absolute atomic E-state index is 13.6. The Morgan fingerprint density at radius 3 is 2.58 bits per heavy atom. The summed E-state index contributed by atoms with van der Waals surface area (Å²) in [5.74, 6) is 0.532. The molecule has 1 aromatic heterocycles.